The molecule has 0 amide bonds. The predicted molar refractivity (Wildman–Crippen MR) is 148 cm³/mol. The van der Waals surface area contributed by atoms with Crippen molar-refractivity contribution < 1.29 is 9.13 Å². The first kappa shape index (κ1) is 22.5. The van der Waals surface area contributed by atoms with Crippen molar-refractivity contribution in [3.63, 3.8) is 0 Å². The molecule has 35 heavy (non-hydrogen) atoms. The maximum atomic E-state index is 15.6. The Kier molecular flexibility index (Phi) is 5.76. The molecule has 0 aliphatic heterocycles. The topological polar surface area (TPSA) is 34.1 Å². The third kappa shape index (κ3) is 3.55. The molecule has 2 aliphatic rings. The first-order chi connectivity index (χ1) is 17.1. The average molecular weight is 495 g/mol. The van der Waals surface area contributed by atoms with Crippen LogP contribution in [0.2, 0.25) is 0 Å². The summed E-state index contributed by atoms with van der Waals surface area (Å²) >= 11 is 0. The Labute approximate surface area is 207 Å². The van der Waals surface area contributed by atoms with E-state index in [-0.39, 0.29) is 23.2 Å². The fourth-order valence-electron chi connectivity index (χ4n) is 6.32. The first-order valence-corrected chi connectivity index (χ1v) is 15.8. The summed E-state index contributed by atoms with van der Waals surface area (Å²) in [6.45, 7) is 0. The van der Waals surface area contributed by atoms with Crippen molar-refractivity contribution in [2.75, 3.05) is 0 Å². The van der Waals surface area contributed by atoms with Gasteiger partial charge in [0.1, 0.15) is 14.3 Å². The van der Waals surface area contributed by atoms with E-state index in [2.05, 4.69) is 12.2 Å². The molecular weight excluding hydrogens is 466 g/mol. The lowest BCUT2D eigenvalue weighted by atomic mass is 10.1. The average Bonchev–Trinajstić information content (AvgIpc) is 3.57. The minimum Gasteiger partial charge on any atom is -0.313 e. The fourth-order valence-corrected chi connectivity index (χ4v) is 14.7. The summed E-state index contributed by atoms with van der Waals surface area (Å²) in [7, 11) is -6.26. The number of benzene rings is 4. The molecule has 4 atom stereocenters. The Bertz CT molecular complexity index is 1230. The molecule has 0 aromatic heterocycles. The van der Waals surface area contributed by atoms with E-state index >= 15 is 9.13 Å². The quantitative estimate of drug-likeness (QED) is 0.245. The molecule has 2 bridgehead atoms. The maximum absolute atomic E-state index is 15.6. The third-order valence-corrected chi connectivity index (χ3v) is 15.4. The monoisotopic (exact) mass is 494 g/mol. The molecule has 0 saturated heterocycles. The smallest absolute Gasteiger partial charge is 0.147 e. The second-order valence-corrected chi connectivity index (χ2v) is 15.5. The Morgan fingerprint density at radius 2 is 0.686 bits per heavy atom. The molecule has 2 aliphatic carbocycles. The Hall–Kier alpha value is -2.92. The van der Waals surface area contributed by atoms with E-state index < -0.39 is 14.3 Å². The molecule has 0 radical (unpaired) electrons. The summed E-state index contributed by atoms with van der Waals surface area (Å²) in [5.41, 5.74) is -0.456. The Morgan fingerprint density at radius 1 is 0.429 bits per heavy atom. The molecule has 4 aromatic carbocycles. The maximum Gasteiger partial charge on any atom is 0.147 e. The zero-order valence-corrected chi connectivity index (χ0v) is 21.2. The normalized spacial score (nSPS) is 23.4. The number of rotatable bonds is 6. The number of fused-ring (bicyclic) bond motifs is 2. The van der Waals surface area contributed by atoms with Crippen LogP contribution in [0.25, 0.3) is 0 Å². The molecular formula is C31H28O2P2. The Balaban J connectivity index is 1.63. The van der Waals surface area contributed by atoms with Gasteiger partial charge < -0.3 is 9.13 Å². The van der Waals surface area contributed by atoms with Crippen LogP contribution in [-0.4, -0.2) is 11.3 Å². The van der Waals surface area contributed by atoms with E-state index in [9.17, 15) is 0 Å². The zero-order valence-electron chi connectivity index (χ0n) is 19.4. The second-order valence-electron chi connectivity index (χ2n) is 9.59. The van der Waals surface area contributed by atoms with Gasteiger partial charge in [0, 0.05) is 32.5 Å². The lowest BCUT2D eigenvalue weighted by Gasteiger charge is -2.40. The molecule has 4 heteroatoms. The van der Waals surface area contributed by atoms with Gasteiger partial charge in [-0.05, 0) is 18.3 Å². The summed E-state index contributed by atoms with van der Waals surface area (Å²) in [5, 5.41) is 3.43. The van der Waals surface area contributed by atoms with E-state index in [0.29, 0.717) is 0 Å². The molecule has 0 unspecified atom stereocenters. The fraction of sp³-hybridized carbons (Fsp3) is 0.161. The van der Waals surface area contributed by atoms with Gasteiger partial charge in [-0.2, -0.15) is 0 Å². The van der Waals surface area contributed by atoms with Crippen LogP contribution in [0.4, 0.5) is 0 Å². The molecule has 1 fully saturated rings. The van der Waals surface area contributed by atoms with E-state index in [1.807, 2.05) is 121 Å². The summed E-state index contributed by atoms with van der Waals surface area (Å²) < 4.78 is 31.1. The lowest BCUT2D eigenvalue weighted by Crippen LogP contribution is -2.41. The molecule has 0 N–H and O–H groups in total. The Morgan fingerprint density at radius 3 is 0.943 bits per heavy atom. The first-order valence-electron chi connectivity index (χ1n) is 12.2. The van der Waals surface area contributed by atoms with E-state index in [4.69, 9.17) is 0 Å². The standard InChI is InChI=1S/C31H28O2P2/c32-34(26-13-5-1-6-14-26,27-15-7-2-8-16-27)30-24-21-22-25(23-24)31(30)35(33,28-17-9-3-10-18-28)29-19-11-4-12-20-29/h1-22,24-25,30-31H,23H2/t24-,25+,30-,31-/m0/s1. The minimum atomic E-state index is -3.13. The van der Waals surface area contributed by atoms with Gasteiger partial charge in [-0.1, -0.05) is 133 Å². The number of allylic oxidation sites excluding steroid dienone is 2. The van der Waals surface area contributed by atoms with Gasteiger partial charge in [0.25, 0.3) is 0 Å². The van der Waals surface area contributed by atoms with Crippen molar-refractivity contribution in [3.8, 4) is 0 Å². The van der Waals surface area contributed by atoms with Gasteiger partial charge in [0.2, 0.25) is 0 Å². The van der Waals surface area contributed by atoms with Crippen LogP contribution in [0.15, 0.2) is 133 Å². The highest BCUT2D eigenvalue weighted by atomic mass is 31.2. The van der Waals surface area contributed by atoms with Crippen LogP contribution in [0.3, 0.4) is 0 Å². The number of hydrogen-bond donors (Lipinski definition) is 0. The van der Waals surface area contributed by atoms with Gasteiger partial charge in [0.15, 0.2) is 0 Å². The van der Waals surface area contributed by atoms with Crippen molar-refractivity contribution in [2.45, 2.75) is 17.7 Å². The van der Waals surface area contributed by atoms with Crippen LogP contribution in [0.1, 0.15) is 6.42 Å². The van der Waals surface area contributed by atoms with E-state index in [0.717, 1.165) is 27.6 Å². The van der Waals surface area contributed by atoms with Crippen molar-refractivity contribution in [2.24, 2.45) is 11.8 Å². The lowest BCUT2D eigenvalue weighted by molar-refractivity contribution is 0.549. The van der Waals surface area contributed by atoms with Crippen molar-refractivity contribution in [1.82, 2.24) is 0 Å². The summed E-state index contributed by atoms with van der Waals surface area (Å²) in [6.07, 6.45) is 5.39. The highest BCUT2D eigenvalue weighted by molar-refractivity contribution is 7.83. The highest BCUT2D eigenvalue weighted by Gasteiger charge is 2.60. The molecule has 174 valence electrons. The highest BCUT2D eigenvalue weighted by Crippen LogP contribution is 2.69. The van der Waals surface area contributed by atoms with E-state index in [1.54, 1.807) is 0 Å². The minimum absolute atomic E-state index is 0.136. The van der Waals surface area contributed by atoms with Gasteiger partial charge in [0.05, 0.1) is 0 Å². The molecule has 1 saturated carbocycles. The van der Waals surface area contributed by atoms with Gasteiger partial charge in [-0.3, -0.25) is 0 Å². The van der Waals surface area contributed by atoms with E-state index in [1.165, 1.54) is 0 Å². The second kappa shape index (κ2) is 8.94. The SMILES string of the molecule is O=P(c1ccccc1)(c1ccccc1)[C@@H]1[C@@H](P(=O)(c2ccccc2)c2ccccc2)[C@H]2C=C[C@@H]1C2. The molecule has 0 spiro atoms. The van der Waals surface area contributed by atoms with Gasteiger partial charge >= 0.3 is 0 Å². The third-order valence-electron chi connectivity index (χ3n) is 7.78. The molecule has 4 aromatic rings. The van der Waals surface area contributed by atoms with Gasteiger partial charge in [-0.25, -0.2) is 0 Å². The van der Waals surface area contributed by atoms with Crippen molar-refractivity contribution in [1.29, 1.82) is 0 Å². The van der Waals surface area contributed by atoms with Gasteiger partial charge in [-0.15, -0.1) is 0 Å². The van der Waals surface area contributed by atoms with Crippen molar-refractivity contribution >= 4 is 35.5 Å². The van der Waals surface area contributed by atoms with Crippen LogP contribution < -0.4 is 21.2 Å². The summed E-state index contributed by atoms with van der Waals surface area (Å²) in [6, 6.07) is 39.6. The molecule has 6 rings (SSSR count). The summed E-state index contributed by atoms with van der Waals surface area (Å²) in [4.78, 5) is 0. The number of hydrogen-bond acceptors (Lipinski definition) is 2. The van der Waals surface area contributed by atoms with Crippen LogP contribution in [0.5, 0.6) is 0 Å². The molecule has 0 heterocycles. The van der Waals surface area contributed by atoms with Crippen LogP contribution in [0, 0.1) is 11.8 Å². The zero-order chi connectivity index (χ0) is 23.9. The van der Waals surface area contributed by atoms with Crippen molar-refractivity contribution in [3.05, 3.63) is 133 Å². The summed E-state index contributed by atoms with van der Waals surface area (Å²) in [5.74, 6) is 0.272. The largest absolute Gasteiger partial charge is 0.313 e. The van der Waals surface area contributed by atoms with Crippen LogP contribution >= 0.6 is 14.3 Å². The van der Waals surface area contributed by atoms with Crippen LogP contribution in [-0.2, 0) is 9.13 Å². The predicted octanol–water partition coefficient (Wildman–Crippen LogP) is 5.96. The molecule has 2 nitrogen and oxygen atoms in total.